The summed E-state index contributed by atoms with van der Waals surface area (Å²) in [6, 6.07) is 9.74. The third-order valence-corrected chi connectivity index (χ3v) is 4.48. The number of para-hydroxylation sites is 1. The Hall–Kier alpha value is -1.55. The fourth-order valence-corrected chi connectivity index (χ4v) is 3.08. The molecule has 1 aliphatic heterocycles. The molecule has 4 nitrogen and oxygen atoms in total. The molecule has 0 atom stereocenters. The number of nitrogens with zero attached hydrogens (tertiary/aromatic N) is 1. The fraction of sp³-hybridized carbons (Fsp3) is 0.650. The summed E-state index contributed by atoms with van der Waals surface area (Å²) >= 11 is 0. The van der Waals surface area contributed by atoms with Crippen molar-refractivity contribution >= 4 is 5.91 Å². The van der Waals surface area contributed by atoms with Gasteiger partial charge in [-0.05, 0) is 63.9 Å². The summed E-state index contributed by atoms with van der Waals surface area (Å²) in [7, 11) is 0. The van der Waals surface area contributed by atoms with Crippen molar-refractivity contribution < 1.29 is 9.53 Å². The van der Waals surface area contributed by atoms with Crippen molar-refractivity contribution in [3.63, 3.8) is 0 Å². The largest absolute Gasteiger partial charge is 0.494 e. The van der Waals surface area contributed by atoms with E-state index < -0.39 is 0 Å². The van der Waals surface area contributed by atoms with Gasteiger partial charge >= 0.3 is 0 Å². The number of piperidine rings is 1. The molecule has 1 aromatic rings. The molecule has 0 aromatic heterocycles. The van der Waals surface area contributed by atoms with Crippen LogP contribution in [-0.2, 0) is 4.79 Å². The summed E-state index contributed by atoms with van der Waals surface area (Å²) in [4.78, 5) is 14.3. The molecule has 1 amide bonds. The van der Waals surface area contributed by atoms with Gasteiger partial charge in [-0.15, -0.1) is 0 Å². The van der Waals surface area contributed by atoms with Crippen LogP contribution >= 0.6 is 0 Å². The van der Waals surface area contributed by atoms with Crippen LogP contribution in [0.4, 0.5) is 0 Å². The van der Waals surface area contributed by atoms with E-state index in [-0.39, 0.29) is 5.91 Å². The fourth-order valence-electron chi connectivity index (χ4n) is 3.08. The minimum Gasteiger partial charge on any atom is -0.494 e. The van der Waals surface area contributed by atoms with Crippen LogP contribution < -0.4 is 10.1 Å². The first-order valence-corrected chi connectivity index (χ1v) is 9.51. The lowest BCUT2D eigenvalue weighted by Crippen LogP contribution is -2.30. The summed E-state index contributed by atoms with van der Waals surface area (Å²) in [5, 5.41) is 3.01. The standard InChI is InChI=1S/C20H32N2O2/c23-20(13-10-18-24-19-11-4-1-5-12-19)21-14-6-2-7-15-22-16-8-3-9-17-22/h1,4-5,11-12H,2-3,6-10,13-18H2,(H,21,23). The van der Waals surface area contributed by atoms with Crippen LogP contribution in [0, 0.1) is 0 Å². The summed E-state index contributed by atoms with van der Waals surface area (Å²) < 4.78 is 5.59. The zero-order chi connectivity index (χ0) is 16.9. The highest BCUT2D eigenvalue weighted by Gasteiger charge is 2.08. The van der Waals surface area contributed by atoms with E-state index in [4.69, 9.17) is 4.74 Å². The Labute approximate surface area is 146 Å². The molecule has 0 aliphatic carbocycles. The smallest absolute Gasteiger partial charge is 0.220 e. The number of ether oxygens (including phenoxy) is 1. The number of unbranched alkanes of at least 4 members (excludes halogenated alkanes) is 2. The monoisotopic (exact) mass is 332 g/mol. The molecule has 134 valence electrons. The van der Waals surface area contributed by atoms with E-state index in [0.717, 1.165) is 25.1 Å². The lowest BCUT2D eigenvalue weighted by molar-refractivity contribution is -0.121. The Morgan fingerprint density at radius 2 is 1.79 bits per heavy atom. The topological polar surface area (TPSA) is 41.6 Å². The minimum absolute atomic E-state index is 0.141. The number of likely N-dealkylation sites (tertiary alicyclic amines) is 1. The van der Waals surface area contributed by atoms with Gasteiger partial charge < -0.3 is 15.0 Å². The van der Waals surface area contributed by atoms with E-state index in [0.29, 0.717) is 13.0 Å². The SMILES string of the molecule is O=C(CCCOc1ccccc1)NCCCCCN1CCCCC1. The minimum atomic E-state index is 0.141. The summed E-state index contributed by atoms with van der Waals surface area (Å²) in [5.41, 5.74) is 0. The molecule has 0 saturated carbocycles. The van der Waals surface area contributed by atoms with Crippen LogP contribution in [0.1, 0.15) is 51.4 Å². The Balaban J connectivity index is 1.38. The lowest BCUT2D eigenvalue weighted by Gasteiger charge is -2.26. The first kappa shape index (κ1) is 18.8. The molecule has 0 radical (unpaired) electrons. The summed E-state index contributed by atoms with van der Waals surface area (Å²) in [6.45, 7) is 5.18. The molecule has 1 aliphatic rings. The molecule has 2 rings (SSSR count). The van der Waals surface area contributed by atoms with Gasteiger partial charge in [0.15, 0.2) is 0 Å². The first-order chi connectivity index (χ1) is 11.8. The van der Waals surface area contributed by atoms with Crippen molar-refractivity contribution in [2.24, 2.45) is 0 Å². The average Bonchev–Trinajstić information content (AvgIpc) is 2.63. The first-order valence-electron chi connectivity index (χ1n) is 9.51. The Bertz CT molecular complexity index is 444. The molecule has 1 N–H and O–H groups in total. The van der Waals surface area contributed by atoms with Crippen LogP contribution in [0.3, 0.4) is 0 Å². The number of hydrogen-bond donors (Lipinski definition) is 1. The molecule has 0 bridgehead atoms. The maximum atomic E-state index is 11.8. The zero-order valence-electron chi connectivity index (χ0n) is 14.8. The second kappa shape index (κ2) is 11.9. The van der Waals surface area contributed by atoms with Gasteiger partial charge in [0.2, 0.25) is 5.91 Å². The van der Waals surface area contributed by atoms with Crippen molar-refractivity contribution in [3.05, 3.63) is 30.3 Å². The van der Waals surface area contributed by atoms with Crippen molar-refractivity contribution in [3.8, 4) is 5.75 Å². The highest BCUT2D eigenvalue weighted by molar-refractivity contribution is 5.75. The highest BCUT2D eigenvalue weighted by Crippen LogP contribution is 2.10. The van der Waals surface area contributed by atoms with Gasteiger partial charge in [-0.3, -0.25) is 4.79 Å². The lowest BCUT2D eigenvalue weighted by atomic mass is 10.1. The van der Waals surface area contributed by atoms with E-state index in [1.54, 1.807) is 0 Å². The second-order valence-corrected chi connectivity index (χ2v) is 6.58. The van der Waals surface area contributed by atoms with Crippen molar-refractivity contribution in [2.45, 2.75) is 51.4 Å². The van der Waals surface area contributed by atoms with Crippen molar-refractivity contribution in [1.29, 1.82) is 0 Å². The summed E-state index contributed by atoms with van der Waals surface area (Å²) in [5.74, 6) is 1.01. The average molecular weight is 332 g/mol. The maximum Gasteiger partial charge on any atom is 0.220 e. The molecule has 0 spiro atoms. The Morgan fingerprint density at radius 3 is 2.58 bits per heavy atom. The van der Waals surface area contributed by atoms with E-state index in [2.05, 4.69) is 10.2 Å². The normalized spacial score (nSPS) is 15.2. The van der Waals surface area contributed by atoms with Gasteiger partial charge in [-0.25, -0.2) is 0 Å². The van der Waals surface area contributed by atoms with Gasteiger partial charge in [0.25, 0.3) is 0 Å². The zero-order valence-corrected chi connectivity index (χ0v) is 14.8. The number of rotatable bonds is 11. The van der Waals surface area contributed by atoms with Gasteiger partial charge in [-0.1, -0.05) is 31.0 Å². The van der Waals surface area contributed by atoms with E-state index in [1.165, 1.54) is 51.7 Å². The number of hydrogen-bond acceptors (Lipinski definition) is 3. The molecular formula is C20H32N2O2. The van der Waals surface area contributed by atoms with E-state index >= 15 is 0 Å². The highest BCUT2D eigenvalue weighted by atomic mass is 16.5. The van der Waals surface area contributed by atoms with Gasteiger partial charge in [0, 0.05) is 13.0 Å². The predicted molar refractivity (Wildman–Crippen MR) is 98.3 cm³/mol. The molecule has 24 heavy (non-hydrogen) atoms. The number of amides is 1. The van der Waals surface area contributed by atoms with Crippen molar-refractivity contribution in [1.82, 2.24) is 10.2 Å². The summed E-state index contributed by atoms with van der Waals surface area (Å²) in [6.07, 6.45) is 8.97. The second-order valence-electron chi connectivity index (χ2n) is 6.58. The van der Waals surface area contributed by atoms with E-state index in [1.807, 2.05) is 30.3 Å². The molecular weight excluding hydrogens is 300 g/mol. The van der Waals surface area contributed by atoms with Crippen LogP contribution in [0.15, 0.2) is 30.3 Å². The van der Waals surface area contributed by atoms with Crippen LogP contribution in [0.2, 0.25) is 0 Å². The van der Waals surface area contributed by atoms with Crippen LogP contribution in [0.5, 0.6) is 5.75 Å². The maximum absolute atomic E-state index is 11.8. The number of nitrogens with one attached hydrogen (secondary N) is 1. The number of carbonyl (C=O) groups is 1. The third-order valence-electron chi connectivity index (χ3n) is 4.48. The number of benzene rings is 1. The van der Waals surface area contributed by atoms with Gasteiger partial charge in [0.1, 0.15) is 5.75 Å². The van der Waals surface area contributed by atoms with Crippen LogP contribution in [0.25, 0.3) is 0 Å². The van der Waals surface area contributed by atoms with Gasteiger partial charge in [-0.2, -0.15) is 0 Å². The van der Waals surface area contributed by atoms with Crippen LogP contribution in [-0.4, -0.2) is 43.6 Å². The molecule has 0 unspecified atom stereocenters. The predicted octanol–water partition coefficient (Wildman–Crippen LogP) is 3.62. The number of carbonyl (C=O) groups excluding carboxylic acids is 1. The van der Waals surface area contributed by atoms with E-state index in [9.17, 15) is 4.79 Å². The third kappa shape index (κ3) is 8.34. The molecule has 4 heteroatoms. The molecule has 1 fully saturated rings. The van der Waals surface area contributed by atoms with Gasteiger partial charge in [0.05, 0.1) is 6.61 Å². The van der Waals surface area contributed by atoms with Crippen molar-refractivity contribution in [2.75, 3.05) is 32.8 Å². The quantitative estimate of drug-likeness (QED) is 0.629. The molecule has 1 aromatic carbocycles. The Morgan fingerprint density at radius 1 is 1.00 bits per heavy atom. The molecule has 1 heterocycles. The molecule has 1 saturated heterocycles. The Kier molecular flexibility index (Phi) is 9.32.